The summed E-state index contributed by atoms with van der Waals surface area (Å²) >= 11 is 11.4. The Bertz CT molecular complexity index is 822. The topological polar surface area (TPSA) is 83.5 Å². The molecule has 0 N–H and O–H groups in total. The van der Waals surface area contributed by atoms with Gasteiger partial charge in [0.1, 0.15) is 0 Å². The van der Waals surface area contributed by atoms with E-state index in [1.807, 2.05) is 6.92 Å². The molecule has 0 aliphatic rings. The van der Waals surface area contributed by atoms with Crippen LogP contribution in [-0.4, -0.2) is 24.1 Å². The Morgan fingerprint density at radius 3 is 1.83 bits per heavy atom. The van der Waals surface area contributed by atoms with Crippen LogP contribution < -0.4 is 24.0 Å². The third-order valence-corrected chi connectivity index (χ3v) is 4.53. The molecule has 0 aliphatic carbocycles. The molecule has 0 aliphatic heterocycles. The Morgan fingerprint density at radius 1 is 0.933 bits per heavy atom. The summed E-state index contributed by atoms with van der Waals surface area (Å²) in [6.07, 6.45) is -0.763. The van der Waals surface area contributed by atoms with Crippen molar-refractivity contribution in [2.75, 3.05) is 6.61 Å². The molecule has 0 amide bonds. The second-order valence-electron chi connectivity index (χ2n) is 6.13. The predicted molar refractivity (Wildman–Crippen MR) is 111 cm³/mol. The monoisotopic (exact) mass is 444 g/mol. The zero-order valence-electron chi connectivity index (χ0n) is 17.5. The molecule has 5 nitrogen and oxygen atoms in total. The number of rotatable bonds is 7. The molecule has 156 valence electrons. The van der Waals surface area contributed by atoms with Crippen molar-refractivity contribution < 1.29 is 43.1 Å². The van der Waals surface area contributed by atoms with Crippen molar-refractivity contribution >= 4 is 40.7 Å². The normalized spacial score (nSPS) is 11.8. The molecule has 0 bridgehead atoms. The number of hydrogen-bond donors (Lipinski definition) is 0. The van der Waals surface area contributed by atoms with E-state index in [-0.39, 0.29) is 31.3 Å². The van der Waals surface area contributed by atoms with Gasteiger partial charge in [-0.2, -0.15) is 0 Å². The Balaban J connectivity index is 0.000000603. The Hall–Kier alpha value is -1.61. The second kappa shape index (κ2) is 14.4. The van der Waals surface area contributed by atoms with Crippen LogP contribution in [0, 0.1) is 5.92 Å². The molecule has 0 aromatic heterocycles. The molecule has 2 aromatic rings. The van der Waals surface area contributed by atoms with Gasteiger partial charge in [0, 0.05) is 27.9 Å². The molecule has 0 heterocycles. The van der Waals surface area contributed by atoms with E-state index in [1.165, 1.54) is 6.92 Å². The molecule has 30 heavy (non-hydrogen) atoms. The molecule has 2 unspecified atom stereocenters. The van der Waals surface area contributed by atoms with Crippen molar-refractivity contribution in [2.45, 2.75) is 33.3 Å². The van der Waals surface area contributed by atoms with Crippen LogP contribution in [0.3, 0.4) is 0 Å². The number of benzene rings is 2. The Labute approximate surface area is 198 Å². The zero-order valence-corrected chi connectivity index (χ0v) is 19.0. The summed E-state index contributed by atoms with van der Waals surface area (Å²) < 4.78 is 4.58. The van der Waals surface area contributed by atoms with E-state index in [0.29, 0.717) is 22.0 Å². The summed E-state index contributed by atoms with van der Waals surface area (Å²) in [7, 11) is 0. The van der Waals surface area contributed by atoms with Gasteiger partial charge in [-0.3, -0.25) is 9.59 Å². The summed E-state index contributed by atoms with van der Waals surface area (Å²) in [6.45, 7) is 4.98. The first kappa shape index (κ1) is 28.4. The summed E-state index contributed by atoms with van der Waals surface area (Å²) in [4.78, 5) is 33.9. The summed E-state index contributed by atoms with van der Waals surface area (Å²) in [5, 5.41) is 13.2. The van der Waals surface area contributed by atoms with E-state index >= 15 is 0 Å². The van der Waals surface area contributed by atoms with E-state index in [4.69, 9.17) is 23.2 Å². The van der Waals surface area contributed by atoms with Gasteiger partial charge < -0.3 is 9.84 Å². The average molecular weight is 445 g/mol. The van der Waals surface area contributed by atoms with Gasteiger partial charge in [0.2, 0.25) is 5.78 Å². The number of halogens is 2. The van der Waals surface area contributed by atoms with Crippen LogP contribution in [0.2, 0.25) is 10.0 Å². The maximum atomic E-state index is 12.0. The minimum Gasteiger partial charge on any atom is -0.848 e. The number of esters is 1. The van der Waals surface area contributed by atoms with Crippen molar-refractivity contribution in [2.24, 2.45) is 5.92 Å². The molecule has 0 fully saturated rings. The molecule has 0 saturated carbocycles. The van der Waals surface area contributed by atoms with Gasteiger partial charge in [-0.25, -0.2) is 4.79 Å². The van der Waals surface area contributed by atoms with Crippen LogP contribution >= 0.6 is 23.2 Å². The van der Waals surface area contributed by atoms with Crippen LogP contribution in [0.1, 0.15) is 49.2 Å². The predicted octanol–water partition coefficient (Wildman–Crippen LogP) is 1.45. The summed E-state index contributed by atoms with van der Waals surface area (Å²) in [5.74, 6) is -2.57. The van der Waals surface area contributed by atoms with Gasteiger partial charge in [-0.15, -0.1) is 0 Å². The van der Waals surface area contributed by atoms with Gasteiger partial charge >= 0.3 is 24.8 Å². The van der Waals surface area contributed by atoms with Crippen LogP contribution in [0.4, 0.5) is 0 Å². The molecule has 2 atom stereocenters. The largest absolute Gasteiger partial charge is 1.00 e. The quantitative estimate of drug-likeness (QED) is 0.279. The minimum atomic E-state index is -1.31. The molecule has 0 spiro atoms. The van der Waals surface area contributed by atoms with Crippen molar-refractivity contribution in [3.05, 3.63) is 69.7 Å². The van der Waals surface area contributed by atoms with Gasteiger partial charge in [0.15, 0.2) is 5.78 Å². The molecule has 2 rings (SSSR count). The van der Waals surface area contributed by atoms with Crippen LogP contribution in [0.15, 0.2) is 48.5 Å². The van der Waals surface area contributed by atoms with E-state index in [1.54, 1.807) is 55.5 Å². The fourth-order valence-electron chi connectivity index (χ4n) is 2.31. The SMILES string of the molecule is CCC(=O)c1ccc(Cl)cc1.CCOC(=O)C(=O)C(C)C([O-])c1ccc(Cl)cc1.[Li+]. The van der Waals surface area contributed by atoms with Gasteiger partial charge in [0.05, 0.1) is 6.61 Å². The average Bonchev–Trinajstić information content (AvgIpc) is 2.73. The number of ether oxygens (including phenoxy) is 1. The number of carbonyl (C=O) groups is 3. The van der Waals surface area contributed by atoms with E-state index in [2.05, 4.69) is 4.74 Å². The van der Waals surface area contributed by atoms with Gasteiger partial charge in [-0.1, -0.05) is 60.8 Å². The molecule has 8 heteroatoms. The zero-order chi connectivity index (χ0) is 22.0. The van der Waals surface area contributed by atoms with E-state index < -0.39 is 23.8 Å². The standard InChI is InChI=1S/C13H14ClO4.C9H9ClO.Li/c1-3-18-13(17)12(16)8(2)11(15)9-4-6-10(14)7-5-9;1-2-9(11)7-3-5-8(10)6-4-7;/h4-8,11H,3H2,1-2H3;3-6H,2H2,1H3;/q-1;;+1. The van der Waals surface area contributed by atoms with Crippen LogP contribution in [0.25, 0.3) is 0 Å². The molecular formula is C22H23Cl2LiO5. The number of hydrogen-bond acceptors (Lipinski definition) is 5. The van der Waals surface area contributed by atoms with Crippen LogP contribution in [-0.2, 0) is 14.3 Å². The number of carbonyl (C=O) groups excluding carboxylic acids is 3. The van der Waals surface area contributed by atoms with Gasteiger partial charge in [-0.05, 0) is 43.3 Å². The van der Waals surface area contributed by atoms with Crippen molar-refractivity contribution in [3.8, 4) is 0 Å². The first-order chi connectivity index (χ1) is 13.7. The number of Topliss-reactive ketones (excluding diaryl/α,β-unsaturated/α-hetero) is 2. The van der Waals surface area contributed by atoms with Crippen molar-refractivity contribution in [3.63, 3.8) is 0 Å². The smallest absolute Gasteiger partial charge is 0.848 e. The fourth-order valence-corrected chi connectivity index (χ4v) is 2.56. The molecule has 0 radical (unpaired) electrons. The Kier molecular flexibility index (Phi) is 13.6. The summed E-state index contributed by atoms with van der Waals surface area (Å²) in [6, 6.07) is 13.2. The molecule has 2 aromatic carbocycles. The second-order valence-corrected chi connectivity index (χ2v) is 7.00. The summed E-state index contributed by atoms with van der Waals surface area (Å²) in [5.41, 5.74) is 1.15. The molecular weight excluding hydrogens is 422 g/mol. The van der Waals surface area contributed by atoms with Crippen molar-refractivity contribution in [1.29, 1.82) is 0 Å². The Morgan fingerprint density at radius 2 is 1.40 bits per heavy atom. The number of ketones is 2. The molecule has 0 saturated heterocycles. The maximum absolute atomic E-state index is 12.0. The van der Waals surface area contributed by atoms with Gasteiger partial charge in [0.25, 0.3) is 0 Å². The van der Waals surface area contributed by atoms with E-state index in [9.17, 15) is 19.5 Å². The van der Waals surface area contributed by atoms with Crippen LogP contribution in [0.5, 0.6) is 0 Å². The fraction of sp³-hybridized carbons (Fsp3) is 0.318. The third kappa shape index (κ3) is 9.03. The first-order valence-electron chi connectivity index (χ1n) is 9.12. The maximum Gasteiger partial charge on any atom is 1.00 e. The third-order valence-electron chi connectivity index (χ3n) is 4.03. The van der Waals surface area contributed by atoms with Crippen molar-refractivity contribution in [1.82, 2.24) is 0 Å². The van der Waals surface area contributed by atoms with E-state index in [0.717, 1.165) is 5.56 Å². The first-order valence-corrected chi connectivity index (χ1v) is 9.87. The minimum absolute atomic E-state index is 0.